The summed E-state index contributed by atoms with van der Waals surface area (Å²) in [7, 11) is 0. The predicted octanol–water partition coefficient (Wildman–Crippen LogP) is 4.48. The molecule has 0 saturated heterocycles. The van der Waals surface area contributed by atoms with Gasteiger partial charge >= 0.3 is 6.09 Å². The van der Waals surface area contributed by atoms with Crippen LogP contribution >= 0.6 is 0 Å². The number of carbonyl (C=O) groups is 1. The monoisotopic (exact) mass is 391 g/mol. The third kappa shape index (κ3) is 7.43. The lowest BCUT2D eigenvalue weighted by molar-refractivity contribution is 0.0635. The van der Waals surface area contributed by atoms with Gasteiger partial charge in [-0.3, -0.25) is 5.32 Å². The van der Waals surface area contributed by atoms with E-state index in [1.807, 2.05) is 0 Å². The number of anilines is 1. The molecule has 2 N–H and O–H groups in total. The van der Waals surface area contributed by atoms with Crippen LogP contribution in [-0.2, 0) is 16.1 Å². The molecule has 0 saturated carbocycles. The number of ether oxygens (including phenoxy) is 1. The van der Waals surface area contributed by atoms with Crippen LogP contribution in [0.5, 0.6) is 0 Å². The van der Waals surface area contributed by atoms with E-state index in [2.05, 4.69) is 15.0 Å². The second kappa shape index (κ2) is 8.49. The summed E-state index contributed by atoms with van der Waals surface area (Å²) in [5.74, 6) is 0. The molecule has 6 nitrogen and oxygen atoms in total. The summed E-state index contributed by atoms with van der Waals surface area (Å²) in [6, 6.07) is 1.98. The number of aromatic nitrogens is 1. The van der Waals surface area contributed by atoms with E-state index in [9.17, 15) is 18.1 Å². The first kappa shape index (κ1) is 22.6. The predicted molar refractivity (Wildman–Crippen MR) is 98.5 cm³/mol. The topological polar surface area (TPSA) is 86.3 Å². The average molecular weight is 391 g/mol. The molecule has 0 radical (unpaired) electrons. The van der Waals surface area contributed by atoms with Gasteiger partial charge in [-0.1, -0.05) is 0 Å². The fourth-order valence-electron chi connectivity index (χ4n) is 1.80. The van der Waals surface area contributed by atoms with E-state index in [1.54, 1.807) is 48.5 Å². The first-order chi connectivity index (χ1) is 11.7. The first-order valence-electron chi connectivity index (χ1n) is 8.17. The Kier molecular flexibility index (Phi) is 7.38. The smallest absolute Gasteiger partial charge is 0.412 e. The van der Waals surface area contributed by atoms with Crippen molar-refractivity contribution in [3.05, 3.63) is 23.5 Å². The van der Waals surface area contributed by atoms with Gasteiger partial charge in [0.15, 0.2) is 0 Å². The Morgan fingerprint density at radius 1 is 1.19 bits per heavy atom. The minimum absolute atomic E-state index is 0.134. The van der Waals surface area contributed by atoms with Gasteiger partial charge in [-0.2, -0.15) is 0 Å². The van der Waals surface area contributed by atoms with Crippen molar-refractivity contribution >= 4 is 23.1 Å². The molecular formula is C17H27F2N3O3S. The van der Waals surface area contributed by atoms with Crippen molar-refractivity contribution in [2.75, 3.05) is 5.32 Å². The first-order valence-corrected chi connectivity index (χ1v) is 9.32. The molecule has 1 heterocycles. The van der Waals surface area contributed by atoms with E-state index >= 15 is 0 Å². The van der Waals surface area contributed by atoms with Crippen LogP contribution < -0.4 is 10.0 Å². The minimum atomic E-state index is -2.81. The van der Waals surface area contributed by atoms with Crippen LogP contribution in [0, 0.1) is 0 Å². The highest BCUT2D eigenvalue weighted by molar-refractivity contribution is 7.90. The van der Waals surface area contributed by atoms with E-state index in [1.165, 1.54) is 6.07 Å². The molecule has 0 spiro atoms. The molecule has 1 amide bonds. The van der Waals surface area contributed by atoms with Crippen LogP contribution in [0.4, 0.5) is 19.3 Å². The normalized spacial score (nSPS) is 14.9. The van der Waals surface area contributed by atoms with Crippen molar-refractivity contribution in [2.24, 2.45) is 0 Å². The average Bonchev–Trinajstić information content (AvgIpc) is 2.43. The van der Waals surface area contributed by atoms with Gasteiger partial charge in [-0.05, 0) is 60.6 Å². The van der Waals surface area contributed by atoms with Crippen molar-refractivity contribution in [2.45, 2.75) is 71.3 Å². The Balaban J connectivity index is 3.05. The van der Waals surface area contributed by atoms with Crippen LogP contribution in [0.2, 0.25) is 0 Å². The second-order valence-corrected chi connectivity index (χ2v) is 9.85. The Morgan fingerprint density at radius 3 is 2.19 bits per heavy atom. The zero-order valence-electron chi connectivity index (χ0n) is 16.1. The minimum Gasteiger partial charge on any atom is -0.598 e. The number of hydrogen-bond acceptors (Lipinski definition) is 5. The number of rotatable bonds is 5. The van der Waals surface area contributed by atoms with Gasteiger partial charge in [-0.25, -0.2) is 18.6 Å². The van der Waals surface area contributed by atoms with Gasteiger partial charge in [0.25, 0.3) is 6.43 Å². The summed E-state index contributed by atoms with van der Waals surface area (Å²) in [5, 5.41) is 2.43. The molecule has 1 aromatic rings. The number of carbonyl (C=O) groups excluding carboxylic acids is 1. The van der Waals surface area contributed by atoms with Crippen molar-refractivity contribution < 1.29 is 22.9 Å². The molecule has 0 unspecified atom stereocenters. The van der Waals surface area contributed by atoms with E-state index in [4.69, 9.17) is 4.74 Å². The Morgan fingerprint density at radius 2 is 1.73 bits per heavy atom. The molecular weight excluding hydrogens is 364 g/mol. The number of pyridine rings is 1. The Labute approximate surface area is 156 Å². The molecule has 0 fully saturated rings. The molecule has 1 aromatic heterocycles. The van der Waals surface area contributed by atoms with Gasteiger partial charge < -0.3 is 9.29 Å². The quantitative estimate of drug-likeness (QED) is 0.723. The van der Waals surface area contributed by atoms with Crippen LogP contribution in [0.25, 0.3) is 0 Å². The van der Waals surface area contributed by atoms with Gasteiger partial charge in [0.1, 0.15) is 16.0 Å². The summed E-state index contributed by atoms with van der Waals surface area (Å²) in [6.07, 6.45) is -3.57. The van der Waals surface area contributed by atoms with Crippen molar-refractivity contribution in [1.82, 2.24) is 9.71 Å². The molecule has 26 heavy (non-hydrogen) atoms. The molecule has 0 aliphatic heterocycles. The molecule has 1 rings (SSSR count). The van der Waals surface area contributed by atoms with Crippen LogP contribution in [0.3, 0.4) is 0 Å². The lowest BCUT2D eigenvalue weighted by Gasteiger charge is -2.26. The molecule has 9 heteroatoms. The number of alkyl halides is 2. The van der Waals surface area contributed by atoms with Crippen LogP contribution in [-0.4, -0.2) is 26.0 Å². The SMILES string of the molecule is C[C@@H](N[S@@+]([O-])C(C)(C)C)c1cc(NC(=O)OC(C)(C)C)cc(C(F)F)n1. The Hall–Kier alpha value is -1.45. The molecule has 0 aromatic carbocycles. The third-order valence-electron chi connectivity index (χ3n) is 3.02. The third-order valence-corrected chi connectivity index (χ3v) is 4.70. The maximum Gasteiger partial charge on any atom is 0.412 e. The molecule has 0 aliphatic carbocycles. The van der Waals surface area contributed by atoms with Crippen LogP contribution in [0.15, 0.2) is 12.1 Å². The maximum atomic E-state index is 13.2. The number of halogens is 2. The molecule has 148 valence electrons. The fourth-order valence-corrected chi connectivity index (χ4v) is 2.59. The zero-order chi connectivity index (χ0) is 20.3. The van der Waals surface area contributed by atoms with Gasteiger partial charge in [-0.15, -0.1) is 4.72 Å². The number of nitrogens with zero attached hydrogens (tertiary/aromatic N) is 1. The lowest BCUT2D eigenvalue weighted by atomic mass is 10.2. The fraction of sp³-hybridized carbons (Fsp3) is 0.647. The number of nitrogens with one attached hydrogen (secondary N) is 2. The highest BCUT2D eigenvalue weighted by Gasteiger charge is 2.29. The highest BCUT2D eigenvalue weighted by Crippen LogP contribution is 2.26. The van der Waals surface area contributed by atoms with E-state index in [0.29, 0.717) is 0 Å². The summed E-state index contributed by atoms with van der Waals surface area (Å²) in [4.78, 5) is 15.8. The summed E-state index contributed by atoms with van der Waals surface area (Å²) in [6.45, 7) is 12.1. The van der Waals surface area contributed by atoms with Gasteiger partial charge in [0.2, 0.25) is 0 Å². The van der Waals surface area contributed by atoms with Crippen LogP contribution in [0.1, 0.15) is 72.3 Å². The molecule has 0 aliphatic rings. The van der Waals surface area contributed by atoms with E-state index in [-0.39, 0.29) is 11.4 Å². The largest absolute Gasteiger partial charge is 0.598 e. The Bertz CT molecular complexity index is 631. The summed E-state index contributed by atoms with van der Waals surface area (Å²) < 4.78 is 46.0. The lowest BCUT2D eigenvalue weighted by Crippen LogP contribution is -2.40. The zero-order valence-corrected chi connectivity index (χ0v) is 17.0. The van der Waals surface area contributed by atoms with E-state index < -0.39 is 46.0 Å². The van der Waals surface area contributed by atoms with Crippen molar-refractivity contribution in [1.29, 1.82) is 0 Å². The van der Waals surface area contributed by atoms with Crippen molar-refractivity contribution in [3.63, 3.8) is 0 Å². The van der Waals surface area contributed by atoms with Crippen molar-refractivity contribution in [3.8, 4) is 0 Å². The van der Waals surface area contributed by atoms with E-state index in [0.717, 1.165) is 6.07 Å². The second-order valence-electron chi connectivity index (χ2n) is 7.85. The highest BCUT2D eigenvalue weighted by atomic mass is 32.2. The van der Waals surface area contributed by atoms with Gasteiger partial charge in [0, 0.05) is 17.0 Å². The molecule has 2 atom stereocenters. The number of amides is 1. The molecule has 0 bridgehead atoms. The maximum absolute atomic E-state index is 13.2. The number of hydrogen-bond donors (Lipinski definition) is 2. The summed E-state index contributed by atoms with van der Waals surface area (Å²) in [5.41, 5.74) is -0.825. The van der Waals surface area contributed by atoms with Gasteiger partial charge in [0.05, 0.1) is 11.7 Å². The standard InChI is InChI=1S/C17H27F2N3O3S/c1-10(22-26(24)17(5,6)7)12-8-11(9-13(21-12)14(18)19)20-15(23)25-16(2,3)4/h8-10,14,22H,1-7H3,(H,20,21,23)/t10-,26+/m1/s1. The summed E-state index contributed by atoms with van der Waals surface area (Å²) >= 11 is -1.41.